The fourth-order valence-corrected chi connectivity index (χ4v) is 1.14. The van der Waals surface area contributed by atoms with Crippen molar-refractivity contribution in [3.8, 4) is 0 Å². The van der Waals surface area contributed by atoms with Gasteiger partial charge in [-0.25, -0.2) is 14.8 Å². The minimum absolute atomic E-state index is 0.0525. The lowest BCUT2D eigenvalue weighted by atomic mass is 10.1. The predicted molar refractivity (Wildman–Crippen MR) is 58.6 cm³/mol. The summed E-state index contributed by atoms with van der Waals surface area (Å²) in [5, 5.41) is 21.9. The van der Waals surface area contributed by atoms with Crippen molar-refractivity contribution in [3.63, 3.8) is 0 Å². The van der Waals surface area contributed by atoms with Crippen molar-refractivity contribution in [1.29, 1.82) is 0 Å². The van der Waals surface area contributed by atoms with Gasteiger partial charge in [-0.05, 0) is 5.92 Å². The fourth-order valence-electron chi connectivity index (χ4n) is 1.14. The van der Waals surface area contributed by atoms with Crippen molar-refractivity contribution in [1.82, 2.24) is 9.97 Å². The lowest BCUT2D eigenvalue weighted by Gasteiger charge is -2.17. The third kappa shape index (κ3) is 3.37. The topological polar surface area (TPSA) is 118 Å². The second-order valence-electron chi connectivity index (χ2n) is 3.73. The molecule has 1 aromatic rings. The zero-order valence-electron chi connectivity index (χ0n) is 9.32. The third-order valence-corrected chi connectivity index (χ3v) is 2.07. The van der Waals surface area contributed by atoms with Crippen molar-refractivity contribution < 1.29 is 14.8 Å². The van der Waals surface area contributed by atoms with Crippen molar-refractivity contribution in [3.05, 3.63) is 22.5 Å². The van der Waals surface area contributed by atoms with Crippen LogP contribution in [-0.4, -0.2) is 32.0 Å². The van der Waals surface area contributed by atoms with Crippen LogP contribution in [0.1, 0.15) is 13.8 Å². The molecule has 0 spiro atoms. The molecule has 8 nitrogen and oxygen atoms in total. The average Bonchev–Trinajstić information content (AvgIpc) is 2.25. The van der Waals surface area contributed by atoms with Crippen LogP contribution in [0, 0.1) is 16.0 Å². The molecular weight excluding hydrogens is 228 g/mol. The highest BCUT2D eigenvalue weighted by molar-refractivity contribution is 5.76. The molecule has 0 aliphatic heterocycles. The first-order chi connectivity index (χ1) is 7.91. The number of nitro groups is 1. The minimum Gasteiger partial charge on any atom is -0.480 e. The Morgan fingerprint density at radius 1 is 1.47 bits per heavy atom. The van der Waals surface area contributed by atoms with Gasteiger partial charge in [-0.1, -0.05) is 13.8 Å². The quantitative estimate of drug-likeness (QED) is 0.579. The molecule has 0 radical (unpaired) electrons. The molecule has 1 atom stereocenters. The van der Waals surface area contributed by atoms with Crippen LogP contribution in [0.4, 0.5) is 11.6 Å². The minimum atomic E-state index is -1.03. The standard InChI is InChI=1S/C9H12N4O4/c1-5(2)7(8(14)15)12-9-10-3-6(4-11-9)13(16)17/h3-5,7H,1-2H3,(H,14,15)(H,10,11,12). The highest BCUT2D eigenvalue weighted by Crippen LogP contribution is 2.11. The van der Waals surface area contributed by atoms with E-state index in [0.29, 0.717) is 0 Å². The van der Waals surface area contributed by atoms with Gasteiger partial charge in [0.2, 0.25) is 5.95 Å². The molecule has 2 N–H and O–H groups in total. The Morgan fingerprint density at radius 3 is 2.35 bits per heavy atom. The molecule has 0 aliphatic rings. The summed E-state index contributed by atoms with van der Waals surface area (Å²) < 4.78 is 0. The fraction of sp³-hybridized carbons (Fsp3) is 0.444. The normalized spacial score (nSPS) is 12.2. The molecular formula is C9H12N4O4. The first-order valence-corrected chi connectivity index (χ1v) is 4.87. The number of anilines is 1. The molecule has 0 fully saturated rings. The Kier molecular flexibility index (Phi) is 3.91. The van der Waals surface area contributed by atoms with Crippen LogP contribution in [0.15, 0.2) is 12.4 Å². The number of carboxylic acids is 1. The molecule has 1 rings (SSSR count). The smallest absolute Gasteiger partial charge is 0.326 e. The molecule has 0 saturated carbocycles. The number of aromatic nitrogens is 2. The van der Waals surface area contributed by atoms with E-state index in [1.165, 1.54) is 0 Å². The summed E-state index contributed by atoms with van der Waals surface area (Å²) in [6.45, 7) is 3.47. The summed E-state index contributed by atoms with van der Waals surface area (Å²) in [7, 11) is 0. The Balaban J connectivity index is 2.80. The predicted octanol–water partition coefficient (Wildman–Crippen LogP) is 0.906. The number of rotatable bonds is 5. The summed E-state index contributed by atoms with van der Waals surface area (Å²) in [4.78, 5) is 28.0. The zero-order valence-corrected chi connectivity index (χ0v) is 9.32. The third-order valence-electron chi connectivity index (χ3n) is 2.07. The van der Waals surface area contributed by atoms with Crippen molar-refractivity contribution in [2.75, 3.05) is 5.32 Å². The van der Waals surface area contributed by atoms with Gasteiger partial charge in [-0.15, -0.1) is 0 Å². The number of aliphatic carboxylic acids is 1. The number of carbonyl (C=O) groups is 1. The van der Waals surface area contributed by atoms with Crippen molar-refractivity contribution >= 4 is 17.6 Å². The lowest BCUT2D eigenvalue weighted by molar-refractivity contribution is -0.385. The Morgan fingerprint density at radius 2 is 2.00 bits per heavy atom. The van der Waals surface area contributed by atoms with Gasteiger partial charge in [0.25, 0.3) is 0 Å². The summed E-state index contributed by atoms with van der Waals surface area (Å²) in [6, 6.07) is -0.837. The van der Waals surface area contributed by atoms with E-state index in [2.05, 4.69) is 15.3 Å². The van der Waals surface area contributed by atoms with Crippen LogP contribution in [0.25, 0.3) is 0 Å². The molecule has 17 heavy (non-hydrogen) atoms. The summed E-state index contributed by atoms with van der Waals surface area (Å²) in [5.74, 6) is -1.13. The van der Waals surface area contributed by atoms with Crippen LogP contribution in [0.5, 0.6) is 0 Å². The maximum Gasteiger partial charge on any atom is 0.326 e. The Labute approximate surface area is 96.9 Å². The van der Waals surface area contributed by atoms with Gasteiger partial charge in [0, 0.05) is 0 Å². The largest absolute Gasteiger partial charge is 0.480 e. The molecule has 0 bridgehead atoms. The number of carboxylic acid groups (broad SMARTS) is 1. The van der Waals surface area contributed by atoms with Gasteiger partial charge < -0.3 is 10.4 Å². The molecule has 1 aromatic heterocycles. The van der Waals surface area contributed by atoms with E-state index in [9.17, 15) is 14.9 Å². The zero-order chi connectivity index (χ0) is 13.0. The van der Waals surface area contributed by atoms with Crippen LogP contribution in [0.3, 0.4) is 0 Å². The average molecular weight is 240 g/mol. The molecule has 1 unspecified atom stereocenters. The molecule has 0 aromatic carbocycles. The maximum absolute atomic E-state index is 10.9. The van der Waals surface area contributed by atoms with E-state index in [-0.39, 0.29) is 17.6 Å². The van der Waals surface area contributed by atoms with E-state index in [1.54, 1.807) is 13.8 Å². The highest BCUT2D eigenvalue weighted by Gasteiger charge is 2.22. The second kappa shape index (κ2) is 5.19. The van der Waals surface area contributed by atoms with E-state index < -0.39 is 16.9 Å². The van der Waals surface area contributed by atoms with Gasteiger partial charge in [-0.3, -0.25) is 10.1 Å². The van der Waals surface area contributed by atoms with Gasteiger partial charge in [-0.2, -0.15) is 0 Å². The molecule has 1 heterocycles. The van der Waals surface area contributed by atoms with Crippen LogP contribution >= 0.6 is 0 Å². The van der Waals surface area contributed by atoms with E-state index in [0.717, 1.165) is 12.4 Å². The van der Waals surface area contributed by atoms with Gasteiger partial charge in [0.1, 0.15) is 18.4 Å². The lowest BCUT2D eigenvalue weighted by Crippen LogP contribution is -2.34. The van der Waals surface area contributed by atoms with E-state index in [1.807, 2.05) is 0 Å². The summed E-state index contributed by atoms with van der Waals surface area (Å²) in [5.41, 5.74) is -0.244. The highest BCUT2D eigenvalue weighted by atomic mass is 16.6. The van der Waals surface area contributed by atoms with Crippen molar-refractivity contribution in [2.45, 2.75) is 19.9 Å². The van der Waals surface area contributed by atoms with Crippen LogP contribution in [0.2, 0.25) is 0 Å². The molecule has 0 amide bonds. The second-order valence-corrected chi connectivity index (χ2v) is 3.73. The van der Waals surface area contributed by atoms with Crippen molar-refractivity contribution in [2.24, 2.45) is 5.92 Å². The molecule has 92 valence electrons. The van der Waals surface area contributed by atoms with Gasteiger partial charge in [0.15, 0.2) is 0 Å². The van der Waals surface area contributed by atoms with E-state index in [4.69, 9.17) is 5.11 Å². The molecule has 0 saturated heterocycles. The first kappa shape index (κ1) is 12.8. The number of hydrogen-bond donors (Lipinski definition) is 2. The van der Waals surface area contributed by atoms with Crippen LogP contribution in [-0.2, 0) is 4.79 Å². The first-order valence-electron chi connectivity index (χ1n) is 4.87. The van der Waals surface area contributed by atoms with Gasteiger partial charge >= 0.3 is 11.7 Å². The number of hydrogen-bond acceptors (Lipinski definition) is 6. The Bertz CT molecular complexity index is 418. The van der Waals surface area contributed by atoms with Crippen LogP contribution < -0.4 is 5.32 Å². The molecule has 8 heteroatoms. The number of nitrogens with zero attached hydrogens (tertiary/aromatic N) is 3. The van der Waals surface area contributed by atoms with E-state index >= 15 is 0 Å². The maximum atomic E-state index is 10.9. The summed E-state index contributed by atoms with van der Waals surface area (Å²) in [6.07, 6.45) is 2.04. The monoisotopic (exact) mass is 240 g/mol. The number of nitrogens with one attached hydrogen (secondary N) is 1. The van der Waals surface area contributed by atoms with Gasteiger partial charge in [0.05, 0.1) is 4.92 Å². The Hall–Kier alpha value is -2.25. The SMILES string of the molecule is CC(C)C(Nc1ncc([N+](=O)[O-])cn1)C(=O)O. The summed E-state index contributed by atoms with van der Waals surface area (Å²) >= 11 is 0. The molecule has 0 aliphatic carbocycles.